The summed E-state index contributed by atoms with van der Waals surface area (Å²) < 4.78 is 5.06. The first-order valence-electron chi connectivity index (χ1n) is 4.86. The zero-order valence-corrected chi connectivity index (χ0v) is 9.28. The largest absolute Gasteiger partial charge is 0.459 e. The SMILES string of the molecule is C#Cc1cc(C#C)cc(C(=O)OC(C)C)c1. The monoisotopic (exact) mass is 212 g/mol. The predicted molar refractivity (Wildman–Crippen MR) is 62.9 cm³/mol. The van der Waals surface area contributed by atoms with Crippen LogP contribution in [-0.2, 0) is 4.74 Å². The van der Waals surface area contributed by atoms with E-state index in [0.29, 0.717) is 16.7 Å². The van der Waals surface area contributed by atoms with Gasteiger partial charge in [-0.05, 0) is 32.0 Å². The molecule has 0 aromatic heterocycles. The summed E-state index contributed by atoms with van der Waals surface area (Å²) in [4.78, 5) is 11.6. The Balaban J connectivity index is 3.10. The van der Waals surface area contributed by atoms with Crippen molar-refractivity contribution in [3.63, 3.8) is 0 Å². The molecule has 0 aliphatic rings. The lowest BCUT2D eigenvalue weighted by Gasteiger charge is -2.08. The minimum absolute atomic E-state index is 0.170. The van der Waals surface area contributed by atoms with Gasteiger partial charge >= 0.3 is 5.97 Å². The second kappa shape index (κ2) is 5.05. The highest BCUT2D eigenvalue weighted by atomic mass is 16.5. The lowest BCUT2D eigenvalue weighted by atomic mass is 10.1. The fourth-order valence-electron chi connectivity index (χ4n) is 1.19. The smallest absolute Gasteiger partial charge is 0.338 e. The van der Waals surface area contributed by atoms with Crippen molar-refractivity contribution in [2.75, 3.05) is 0 Å². The van der Waals surface area contributed by atoms with Crippen LogP contribution in [0.25, 0.3) is 0 Å². The van der Waals surface area contributed by atoms with Crippen LogP contribution in [0.1, 0.15) is 35.3 Å². The van der Waals surface area contributed by atoms with E-state index < -0.39 is 5.97 Å². The first-order chi connectivity index (χ1) is 7.56. The lowest BCUT2D eigenvalue weighted by Crippen LogP contribution is -2.11. The maximum atomic E-state index is 11.6. The topological polar surface area (TPSA) is 26.3 Å². The van der Waals surface area contributed by atoms with Gasteiger partial charge in [-0.2, -0.15) is 0 Å². The van der Waals surface area contributed by atoms with Gasteiger partial charge < -0.3 is 4.74 Å². The Labute approximate surface area is 95.6 Å². The highest BCUT2D eigenvalue weighted by Crippen LogP contribution is 2.11. The maximum Gasteiger partial charge on any atom is 0.338 e. The van der Waals surface area contributed by atoms with Gasteiger partial charge in [-0.3, -0.25) is 0 Å². The van der Waals surface area contributed by atoms with Crippen LogP contribution in [0.15, 0.2) is 18.2 Å². The Morgan fingerprint density at radius 3 is 2.06 bits per heavy atom. The number of benzene rings is 1. The molecule has 80 valence electrons. The zero-order chi connectivity index (χ0) is 12.1. The van der Waals surface area contributed by atoms with E-state index in [1.807, 2.05) is 0 Å². The highest BCUT2D eigenvalue weighted by Gasteiger charge is 2.10. The average molecular weight is 212 g/mol. The molecule has 0 fully saturated rings. The molecule has 0 N–H and O–H groups in total. The van der Waals surface area contributed by atoms with Gasteiger partial charge in [0, 0.05) is 11.1 Å². The summed E-state index contributed by atoms with van der Waals surface area (Å²) in [6.07, 6.45) is 10.4. The van der Waals surface area contributed by atoms with E-state index in [4.69, 9.17) is 17.6 Å². The predicted octanol–water partition coefficient (Wildman–Crippen LogP) is 2.21. The summed E-state index contributed by atoms with van der Waals surface area (Å²) in [6.45, 7) is 3.57. The summed E-state index contributed by atoms with van der Waals surface area (Å²) in [5.74, 6) is 4.48. The van der Waals surface area contributed by atoms with Gasteiger partial charge in [-0.15, -0.1) is 12.8 Å². The van der Waals surface area contributed by atoms with E-state index in [1.165, 1.54) is 0 Å². The molecule has 0 saturated heterocycles. The Morgan fingerprint density at radius 2 is 1.69 bits per heavy atom. The van der Waals surface area contributed by atoms with Crippen LogP contribution in [0.3, 0.4) is 0 Å². The molecule has 0 aliphatic heterocycles. The van der Waals surface area contributed by atoms with Crippen LogP contribution < -0.4 is 0 Å². The number of ether oxygens (including phenoxy) is 1. The molecule has 1 rings (SSSR count). The normalized spacial score (nSPS) is 9.31. The van der Waals surface area contributed by atoms with E-state index in [1.54, 1.807) is 32.0 Å². The molecule has 0 atom stereocenters. The fraction of sp³-hybridized carbons (Fsp3) is 0.214. The first-order valence-corrected chi connectivity index (χ1v) is 4.86. The summed E-state index contributed by atoms with van der Waals surface area (Å²) in [7, 11) is 0. The number of terminal acetylenes is 2. The van der Waals surface area contributed by atoms with E-state index >= 15 is 0 Å². The Kier molecular flexibility index (Phi) is 3.75. The lowest BCUT2D eigenvalue weighted by molar-refractivity contribution is 0.0378. The van der Waals surface area contributed by atoms with Crippen molar-refractivity contribution in [3.8, 4) is 24.7 Å². The standard InChI is InChI=1S/C14H12O2/c1-5-11-7-12(6-2)9-13(8-11)14(15)16-10(3)4/h1-2,7-10H,3-4H3. The van der Waals surface area contributed by atoms with Crippen molar-refractivity contribution >= 4 is 5.97 Å². The number of hydrogen-bond donors (Lipinski definition) is 0. The molecule has 0 aliphatic carbocycles. The summed E-state index contributed by atoms with van der Waals surface area (Å²) in [5, 5.41) is 0. The molecule has 0 amide bonds. The van der Waals surface area contributed by atoms with Crippen LogP contribution >= 0.6 is 0 Å². The minimum Gasteiger partial charge on any atom is -0.459 e. The van der Waals surface area contributed by atoms with Crippen molar-refractivity contribution in [2.45, 2.75) is 20.0 Å². The summed E-state index contributed by atoms with van der Waals surface area (Å²) >= 11 is 0. The second-order valence-corrected chi connectivity index (χ2v) is 3.54. The van der Waals surface area contributed by atoms with Crippen molar-refractivity contribution < 1.29 is 9.53 Å². The Hall–Kier alpha value is -2.19. The molecule has 1 aromatic carbocycles. The third-order valence-corrected chi connectivity index (χ3v) is 1.84. The molecule has 0 unspecified atom stereocenters. The van der Waals surface area contributed by atoms with Gasteiger partial charge in [0.2, 0.25) is 0 Å². The van der Waals surface area contributed by atoms with E-state index in [2.05, 4.69) is 11.8 Å². The van der Waals surface area contributed by atoms with Crippen LogP contribution in [0.5, 0.6) is 0 Å². The Bertz CT molecular complexity index is 452. The number of esters is 1. The van der Waals surface area contributed by atoms with Crippen molar-refractivity contribution in [3.05, 3.63) is 34.9 Å². The van der Waals surface area contributed by atoms with E-state index in [0.717, 1.165) is 0 Å². The van der Waals surface area contributed by atoms with Gasteiger partial charge in [0.05, 0.1) is 11.7 Å². The quantitative estimate of drug-likeness (QED) is 0.555. The zero-order valence-electron chi connectivity index (χ0n) is 9.28. The average Bonchev–Trinajstić information content (AvgIpc) is 2.27. The van der Waals surface area contributed by atoms with Crippen molar-refractivity contribution in [1.82, 2.24) is 0 Å². The Morgan fingerprint density at radius 1 is 1.19 bits per heavy atom. The van der Waals surface area contributed by atoms with E-state index in [-0.39, 0.29) is 6.10 Å². The maximum absolute atomic E-state index is 11.6. The number of carbonyl (C=O) groups is 1. The summed E-state index contributed by atoms with van der Waals surface area (Å²) in [6, 6.07) is 4.85. The molecular weight excluding hydrogens is 200 g/mol. The number of hydrogen-bond acceptors (Lipinski definition) is 2. The van der Waals surface area contributed by atoms with Crippen LogP contribution in [0.2, 0.25) is 0 Å². The second-order valence-electron chi connectivity index (χ2n) is 3.54. The minimum atomic E-state index is -0.413. The van der Waals surface area contributed by atoms with Gasteiger partial charge in [0.25, 0.3) is 0 Å². The molecule has 1 aromatic rings. The molecule has 0 radical (unpaired) electrons. The number of carbonyl (C=O) groups excluding carboxylic acids is 1. The molecule has 0 bridgehead atoms. The summed E-state index contributed by atoms with van der Waals surface area (Å²) in [5.41, 5.74) is 1.54. The van der Waals surface area contributed by atoms with Gasteiger partial charge in [0.1, 0.15) is 0 Å². The van der Waals surface area contributed by atoms with E-state index in [9.17, 15) is 4.79 Å². The molecule has 0 saturated carbocycles. The molecular formula is C14H12O2. The van der Waals surface area contributed by atoms with Crippen molar-refractivity contribution in [1.29, 1.82) is 0 Å². The fourth-order valence-corrected chi connectivity index (χ4v) is 1.19. The molecule has 2 heteroatoms. The molecule has 16 heavy (non-hydrogen) atoms. The van der Waals surface area contributed by atoms with Gasteiger partial charge in [-0.1, -0.05) is 11.8 Å². The van der Waals surface area contributed by atoms with Crippen molar-refractivity contribution in [2.24, 2.45) is 0 Å². The van der Waals surface area contributed by atoms with Gasteiger partial charge in [-0.25, -0.2) is 4.79 Å². The third kappa shape index (κ3) is 2.90. The van der Waals surface area contributed by atoms with Crippen LogP contribution in [0.4, 0.5) is 0 Å². The highest BCUT2D eigenvalue weighted by molar-refractivity contribution is 5.90. The molecule has 0 heterocycles. The van der Waals surface area contributed by atoms with Crippen LogP contribution in [-0.4, -0.2) is 12.1 Å². The van der Waals surface area contributed by atoms with Gasteiger partial charge in [0.15, 0.2) is 0 Å². The number of rotatable bonds is 2. The molecule has 0 spiro atoms. The van der Waals surface area contributed by atoms with Crippen LogP contribution in [0, 0.1) is 24.7 Å². The third-order valence-electron chi connectivity index (χ3n) is 1.84. The molecule has 2 nitrogen and oxygen atoms in total. The first kappa shape index (κ1) is 11.9.